The molecule has 0 heterocycles. The second-order valence-electron chi connectivity index (χ2n) is 5.28. The average Bonchev–Trinajstić information content (AvgIpc) is 2.17. The fourth-order valence-electron chi connectivity index (χ4n) is 1.42. The molecule has 17 heavy (non-hydrogen) atoms. The van der Waals surface area contributed by atoms with Crippen LogP contribution in [0.4, 0.5) is 4.39 Å². The van der Waals surface area contributed by atoms with Crippen molar-refractivity contribution in [3.63, 3.8) is 0 Å². The number of halogens is 2. The van der Waals surface area contributed by atoms with Gasteiger partial charge < -0.3 is 10.8 Å². The van der Waals surface area contributed by atoms with E-state index >= 15 is 0 Å². The van der Waals surface area contributed by atoms with E-state index in [-0.39, 0.29) is 29.7 Å². The molecule has 98 valence electrons. The molecular formula is C13H21ClFNO. The molecule has 4 heteroatoms. The molecule has 2 nitrogen and oxygen atoms in total. The van der Waals surface area contributed by atoms with Gasteiger partial charge in [-0.3, -0.25) is 0 Å². The quantitative estimate of drug-likeness (QED) is 0.879. The van der Waals surface area contributed by atoms with Gasteiger partial charge in [-0.1, -0.05) is 32.9 Å². The van der Waals surface area contributed by atoms with Crippen LogP contribution in [0.1, 0.15) is 38.9 Å². The van der Waals surface area contributed by atoms with Crippen LogP contribution >= 0.6 is 12.4 Å². The summed E-state index contributed by atoms with van der Waals surface area (Å²) in [5.74, 6) is -0.295. The molecule has 0 radical (unpaired) electrons. The van der Waals surface area contributed by atoms with Gasteiger partial charge in [0.05, 0.1) is 6.10 Å². The number of hydrogen-bond acceptors (Lipinski definition) is 2. The highest BCUT2D eigenvalue weighted by Gasteiger charge is 2.23. The topological polar surface area (TPSA) is 46.2 Å². The highest BCUT2D eigenvalue weighted by Crippen LogP contribution is 2.26. The van der Waals surface area contributed by atoms with Gasteiger partial charge in [-0.2, -0.15) is 0 Å². The zero-order valence-corrected chi connectivity index (χ0v) is 11.3. The molecule has 0 unspecified atom stereocenters. The first-order chi connectivity index (χ1) is 7.30. The molecule has 0 aliphatic heterocycles. The van der Waals surface area contributed by atoms with Crippen molar-refractivity contribution in [1.29, 1.82) is 0 Å². The Morgan fingerprint density at radius 2 is 1.71 bits per heavy atom. The Morgan fingerprint density at radius 3 is 2.12 bits per heavy atom. The van der Waals surface area contributed by atoms with Crippen LogP contribution in [0, 0.1) is 11.2 Å². The average molecular weight is 262 g/mol. The van der Waals surface area contributed by atoms with Crippen LogP contribution in [0.3, 0.4) is 0 Å². The molecule has 1 aromatic carbocycles. The lowest BCUT2D eigenvalue weighted by molar-refractivity contribution is 0.133. The lowest BCUT2D eigenvalue weighted by Gasteiger charge is -2.28. The van der Waals surface area contributed by atoms with Crippen LogP contribution in [0.15, 0.2) is 24.3 Å². The third-order valence-corrected chi connectivity index (χ3v) is 2.84. The SMILES string of the molecule is CC(C)(C)[C@H](N)C[C@H](O)c1ccc(F)cc1.Cl. The van der Waals surface area contributed by atoms with E-state index in [2.05, 4.69) is 0 Å². The molecule has 0 spiro atoms. The van der Waals surface area contributed by atoms with Crippen molar-refractivity contribution in [3.05, 3.63) is 35.6 Å². The summed E-state index contributed by atoms with van der Waals surface area (Å²) in [4.78, 5) is 0. The number of aliphatic hydroxyl groups excluding tert-OH is 1. The molecule has 0 saturated heterocycles. The fraction of sp³-hybridized carbons (Fsp3) is 0.538. The van der Waals surface area contributed by atoms with E-state index in [4.69, 9.17) is 5.73 Å². The van der Waals surface area contributed by atoms with Gasteiger partial charge >= 0.3 is 0 Å². The normalized spacial score (nSPS) is 14.9. The predicted molar refractivity (Wildman–Crippen MR) is 70.7 cm³/mol. The first-order valence-electron chi connectivity index (χ1n) is 5.50. The fourth-order valence-corrected chi connectivity index (χ4v) is 1.42. The van der Waals surface area contributed by atoms with Crippen molar-refractivity contribution in [1.82, 2.24) is 0 Å². The van der Waals surface area contributed by atoms with E-state index < -0.39 is 6.10 Å². The second kappa shape index (κ2) is 6.34. The third kappa shape index (κ3) is 5.02. The molecule has 1 rings (SSSR count). The van der Waals surface area contributed by atoms with E-state index in [0.717, 1.165) is 0 Å². The van der Waals surface area contributed by atoms with Crippen molar-refractivity contribution in [2.45, 2.75) is 39.3 Å². The van der Waals surface area contributed by atoms with Gasteiger partial charge in [0.15, 0.2) is 0 Å². The van der Waals surface area contributed by atoms with E-state index in [0.29, 0.717) is 12.0 Å². The highest BCUT2D eigenvalue weighted by molar-refractivity contribution is 5.85. The monoisotopic (exact) mass is 261 g/mol. The lowest BCUT2D eigenvalue weighted by atomic mass is 9.83. The van der Waals surface area contributed by atoms with Crippen molar-refractivity contribution >= 4 is 12.4 Å². The molecule has 0 aromatic heterocycles. The van der Waals surface area contributed by atoms with Crippen LogP contribution in [-0.2, 0) is 0 Å². The minimum absolute atomic E-state index is 0. The van der Waals surface area contributed by atoms with Gasteiger partial charge in [-0.05, 0) is 29.5 Å². The summed E-state index contributed by atoms with van der Waals surface area (Å²) in [7, 11) is 0. The van der Waals surface area contributed by atoms with E-state index in [1.165, 1.54) is 12.1 Å². The number of aliphatic hydroxyl groups is 1. The molecule has 0 saturated carbocycles. The largest absolute Gasteiger partial charge is 0.388 e. The Morgan fingerprint density at radius 1 is 1.24 bits per heavy atom. The van der Waals surface area contributed by atoms with Crippen LogP contribution in [0.25, 0.3) is 0 Å². The molecule has 0 aliphatic carbocycles. The summed E-state index contributed by atoms with van der Waals surface area (Å²) >= 11 is 0. The van der Waals surface area contributed by atoms with Gasteiger partial charge in [0.2, 0.25) is 0 Å². The first kappa shape index (κ1) is 16.4. The molecular weight excluding hydrogens is 241 g/mol. The Bertz CT molecular complexity index is 334. The first-order valence-corrected chi connectivity index (χ1v) is 5.50. The Hall–Kier alpha value is -0.640. The Labute approximate surface area is 108 Å². The zero-order chi connectivity index (χ0) is 12.3. The number of hydrogen-bond donors (Lipinski definition) is 2. The lowest BCUT2D eigenvalue weighted by Crippen LogP contribution is -2.36. The number of nitrogens with two attached hydrogens (primary N) is 1. The molecule has 2 atom stereocenters. The van der Waals surface area contributed by atoms with Gasteiger partial charge in [-0.15, -0.1) is 12.4 Å². The smallest absolute Gasteiger partial charge is 0.123 e. The Kier molecular flexibility index (Phi) is 6.10. The van der Waals surface area contributed by atoms with E-state index in [9.17, 15) is 9.50 Å². The number of benzene rings is 1. The minimum Gasteiger partial charge on any atom is -0.388 e. The zero-order valence-electron chi connectivity index (χ0n) is 10.5. The molecule has 3 N–H and O–H groups in total. The summed E-state index contributed by atoms with van der Waals surface area (Å²) in [5.41, 5.74) is 6.65. The Balaban J connectivity index is 0.00000256. The maximum Gasteiger partial charge on any atom is 0.123 e. The molecule has 0 fully saturated rings. The van der Waals surface area contributed by atoms with E-state index in [1.807, 2.05) is 20.8 Å². The van der Waals surface area contributed by atoms with Crippen molar-refractivity contribution in [2.75, 3.05) is 0 Å². The third-order valence-electron chi connectivity index (χ3n) is 2.84. The van der Waals surface area contributed by atoms with Gasteiger partial charge in [0.25, 0.3) is 0 Å². The standard InChI is InChI=1S/C13H20FNO.ClH/c1-13(2,3)12(15)8-11(16)9-4-6-10(14)7-5-9;/h4-7,11-12,16H,8,15H2,1-3H3;1H/t11-,12+;/m0./s1. The molecule has 1 aromatic rings. The maximum absolute atomic E-state index is 12.7. The number of rotatable bonds is 3. The summed E-state index contributed by atoms with van der Waals surface area (Å²) in [6, 6.07) is 5.79. The minimum atomic E-state index is -0.630. The van der Waals surface area contributed by atoms with Crippen molar-refractivity contribution in [3.8, 4) is 0 Å². The molecule has 0 amide bonds. The van der Waals surface area contributed by atoms with Crippen LogP contribution in [0.5, 0.6) is 0 Å². The molecule has 0 aliphatic rings. The van der Waals surface area contributed by atoms with Gasteiger partial charge in [0, 0.05) is 6.04 Å². The van der Waals surface area contributed by atoms with Crippen molar-refractivity contribution in [2.24, 2.45) is 11.1 Å². The van der Waals surface area contributed by atoms with Crippen LogP contribution in [0.2, 0.25) is 0 Å². The van der Waals surface area contributed by atoms with Gasteiger partial charge in [-0.25, -0.2) is 4.39 Å². The molecule has 0 bridgehead atoms. The summed E-state index contributed by atoms with van der Waals surface area (Å²) < 4.78 is 12.7. The maximum atomic E-state index is 12.7. The van der Waals surface area contributed by atoms with Gasteiger partial charge in [0.1, 0.15) is 5.82 Å². The second-order valence-corrected chi connectivity index (χ2v) is 5.28. The highest BCUT2D eigenvalue weighted by atomic mass is 35.5. The summed E-state index contributed by atoms with van der Waals surface area (Å²) in [5, 5.41) is 9.94. The van der Waals surface area contributed by atoms with Crippen LogP contribution in [-0.4, -0.2) is 11.1 Å². The predicted octanol–water partition coefficient (Wildman–Crippen LogP) is 3.04. The van der Waals surface area contributed by atoms with Crippen molar-refractivity contribution < 1.29 is 9.50 Å². The van der Waals surface area contributed by atoms with E-state index in [1.54, 1.807) is 12.1 Å². The van der Waals surface area contributed by atoms with Crippen LogP contribution < -0.4 is 5.73 Å². The summed E-state index contributed by atoms with van der Waals surface area (Å²) in [6.07, 6.45) is -0.149. The summed E-state index contributed by atoms with van der Waals surface area (Å²) in [6.45, 7) is 6.11.